The monoisotopic (exact) mass is 427 g/mol. The number of aromatic amines is 2. The molecule has 6 heteroatoms. The topological polar surface area (TPSA) is 98.0 Å². The summed E-state index contributed by atoms with van der Waals surface area (Å²) < 4.78 is 0. The molecule has 0 fully saturated rings. The smallest absolute Gasteiger partial charge is 0.328 e. The van der Waals surface area contributed by atoms with Gasteiger partial charge in [-0.2, -0.15) is 0 Å². The van der Waals surface area contributed by atoms with Gasteiger partial charge in [-0.25, -0.2) is 4.79 Å². The van der Waals surface area contributed by atoms with Gasteiger partial charge in [-0.3, -0.25) is 4.79 Å². The van der Waals surface area contributed by atoms with Crippen LogP contribution in [0.2, 0.25) is 0 Å². The molecular formula is C25H37N3O3. The van der Waals surface area contributed by atoms with E-state index in [1.165, 1.54) is 44.6 Å². The Bertz CT molecular complexity index is 806. The van der Waals surface area contributed by atoms with Crippen LogP contribution in [0.3, 0.4) is 0 Å². The molecule has 2 aromatic heterocycles. The van der Waals surface area contributed by atoms with Gasteiger partial charge in [0.05, 0.1) is 0 Å². The Morgan fingerprint density at radius 2 is 1.87 bits per heavy atom. The molecule has 0 spiro atoms. The number of unbranched alkanes of at least 4 members (excludes halogenated alkanes) is 5. The fourth-order valence-electron chi connectivity index (χ4n) is 3.91. The van der Waals surface area contributed by atoms with Crippen molar-refractivity contribution in [2.75, 3.05) is 5.32 Å². The Balaban J connectivity index is 1.95. The molecule has 2 heterocycles. The number of aromatic nitrogens is 2. The molecule has 0 aliphatic rings. The number of pyridine rings is 1. The Labute approximate surface area is 185 Å². The number of carboxylic acid groups (broad SMARTS) is 1. The zero-order chi connectivity index (χ0) is 22.3. The quantitative estimate of drug-likeness (QED) is 0.210. The first-order valence-electron chi connectivity index (χ1n) is 11.6. The van der Waals surface area contributed by atoms with Gasteiger partial charge in [0.15, 0.2) is 0 Å². The van der Waals surface area contributed by atoms with Crippen molar-refractivity contribution >= 4 is 11.8 Å². The number of aliphatic carboxylic acids is 1. The fraction of sp³-hybridized carbons (Fsp3) is 0.520. The number of nitrogens with one attached hydrogen (secondary N) is 3. The van der Waals surface area contributed by atoms with Crippen molar-refractivity contribution < 1.29 is 9.90 Å². The molecule has 2 aromatic rings. The van der Waals surface area contributed by atoms with Crippen LogP contribution in [0.4, 0.5) is 5.82 Å². The molecule has 0 bridgehead atoms. The molecular weight excluding hydrogens is 390 g/mol. The maximum absolute atomic E-state index is 11.4. The van der Waals surface area contributed by atoms with E-state index in [-0.39, 0.29) is 11.6 Å². The van der Waals surface area contributed by atoms with Crippen LogP contribution in [0.15, 0.2) is 53.6 Å². The van der Waals surface area contributed by atoms with Gasteiger partial charge in [0, 0.05) is 30.6 Å². The van der Waals surface area contributed by atoms with E-state index < -0.39 is 5.97 Å². The van der Waals surface area contributed by atoms with E-state index in [1.807, 2.05) is 30.6 Å². The number of rotatable bonds is 16. The Kier molecular flexibility index (Phi) is 11.3. The van der Waals surface area contributed by atoms with Gasteiger partial charge < -0.3 is 20.4 Å². The Hall–Kier alpha value is -2.76. The number of H-pyrrole nitrogens is 2. The number of hydrogen-bond acceptors (Lipinski definition) is 3. The highest BCUT2D eigenvalue weighted by Crippen LogP contribution is 2.23. The summed E-state index contributed by atoms with van der Waals surface area (Å²) in [7, 11) is 0. The maximum Gasteiger partial charge on any atom is 0.328 e. The first-order chi connectivity index (χ1) is 15.1. The highest BCUT2D eigenvalue weighted by molar-refractivity contribution is 5.79. The van der Waals surface area contributed by atoms with Gasteiger partial charge in [0.25, 0.3) is 0 Å². The van der Waals surface area contributed by atoms with Gasteiger partial charge in [-0.05, 0) is 42.9 Å². The fourth-order valence-corrected chi connectivity index (χ4v) is 3.91. The lowest BCUT2D eigenvalue weighted by molar-refractivity contribution is -0.131. The van der Waals surface area contributed by atoms with Crippen LogP contribution in [-0.4, -0.2) is 27.1 Å². The van der Waals surface area contributed by atoms with Crippen LogP contribution in [0, 0.1) is 5.92 Å². The second-order valence-corrected chi connectivity index (χ2v) is 8.30. The predicted octanol–water partition coefficient (Wildman–Crippen LogP) is 5.51. The molecule has 0 saturated carbocycles. The van der Waals surface area contributed by atoms with Crippen LogP contribution < -0.4 is 10.9 Å². The lowest BCUT2D eigenvalue weighted by atomic mass is 9.88. The highest BCUT2D eigenvalue weighted by atomic mass is 16.4. The molecule has 2 rings (SSSR count). The SMILES string of the molecule is CCCCCCCCC(CCC(C=CC(=O)O)Nc1ccc[nH]1)Cc1ccc(=O)[nH]c1. The van der Waals surface area contributed by atoms with Crippen molar-refractivity contribution in [3.8, 4) is 0 Å². The van der Waals surface area contributed by atoms with Gasteiger partial charge in [0.2, 0.25) is 5.56 Å². The molecule has 0 aliphatic carbocycles. The van der Waals surface area contributed by atoms with Gasteiger partial charge in [0.1, 0.15) is 5.82 Å². The minimum atomic E-state index is -0.935. The summed E-state index contributed by atoms with van der Waals surface area (Å²) in [5, 5.41) is 12.4. The molecule has 0 aromatic carbocycles. The second kappa shape index (κ2) is 14.3. The van der Waals surface area contributed by atoms with Crippen LogP contribution in [0.5, 0.6) is 0 Å². The zero-order valence-electron chi connectivity index (χ0n) is 18.6. The largest absolute Gasteiger partial charge is 0.478 e. The summed E-state index contributed by atoms with van der Waals surface area (Å²) >= 11 is 0. The number of carbonyl (C=O) groups is 1. The minimum Gasteiger partial charge on any atom is -0.478 e. The third-order valence-electron chi connectivity index (χ3n) is 5.63. The third-order valence-corrected chi connectivity index (χ3v) is 5.63. The van der Waals surface area contributed by atoms with E-state index in [1.54, 1.807) is 12.1 Å². The van der Waals surface area contributed by atoms with Crippen molar-refractivity contribution in [3.63, 3.8) is 0 Å². The van der Waals surface area contributed by atoms with E-state index in [0.717, 1.165) is 37.1 Å². The summed E-state index contributed by atoms with van der Waals surface area (Å²) in [5.74, 6) is 0.437. The van der Waals surface area contributed by atoms with Crippen molar-refractivity contribution in [2.45, 2.75) is 77.2 Å². The van der Waals surface area contributed by atoms with Crippen molar-refractivity contribution in [2.24, 2.45) is 5.92 Å². The lowest BCUT2D eigenvalue weighted by Gasteiger charge is -2.21. The van der Waals surface area contributed by atoms with Crippen LogP contribution >= 0.6 is 0 Å². The summed E-state index contributed by atoms with van der Waals surface area (Å²) in [6.45, 7) is 2.23. The molecule has 6 nitrogen and oxygen atoms in total. The van der Waals surface area contributed by atoms with Crippen molar-refractivity contribution in [1.29, 1.82) is 0 Å². The van der Waals surface area contributed by atoms with Crippen LogP contribution in [0.25, 0.3) is 0 Å². The third kappa shape index (κ3) is 10.7. The zero-order valence-corrected chi connectivity index (χ0v) is 18.6. The average molecular weight is 428 g/mol. The minimum absolute atomic E-state index is 0.0580. The summed E-state index contributed by atoms with van der Waals surface area (Å²) in [4.78, 5) is 28.3. The molecule has 0 saturated heterocycles. The van der Waals surface area contributed by atoms with Crippen molar-refractivity contribution in [3.05, 3.63) is 64.7 Å². The van der Waals surface area contributed by atoms with E-state index in [9.17, 15) is 9.59 Å². The van der Waals surface area contributed by atoms with Crippen LogP contribution in [0.1, 0.15) is 70.3 Å². The first kappa shape index (κ1) is 24.5. The Morgan fingerprint density at radius 1 is 1.06 bits per heavy atom. The van der Waals surface area contributed by atoms with E-state index >= 15 is 0 Å². The summed E-state index contributed by atoms with van der Waals surface area (Å²) in [5.41, 5.74) is 1.07. The van der Waals surface area contributed by atoms with Gasteiger partial charge in [-0.1, -0.05) is 64.0 Å². The van der Waals surface area contributed by atoms with E-state index in [0.29, 0.717) is 5.92 Å². The molecule has 2 unspecified atom stereocenters. The van der Waals surface area contributed by atoms with E-state index in [2.05, 4.69) is 22.2 Å². The van der Waals surface area contributed by atoms with E-state index in [4.69, 9.17) is 5.11 Å². The normalized spacial score (nSPS) is 13.3. The summed E-state index contributed by atoms with van der Waals surface area (Å²) in [6.07, 6.45) is 18.1. The molecule has 31 heavy (non-hydrogen) atoms. The highest BCUT2D eigenvalue weighted by Gasteiger charge is 2.14. The lowest BCUT2D eigenvalue weighted by Crippen LogP contribution is -2.20. The molecule has 170 valence electrons. The molecule has 4 N–H and O–H groups in total. The number of hydrogen-bond donors (Lipinski definition) is 4. The van der Waals surface area contributed by atoms with Gasteiger partial charge >= 0.3 is 5.97 Å². The molecule has 0 aliphatic heterocycles. The van der Waals surface area contributed by atoms with Gasteiger partial charge in [-0.15, -0.1) is 0 Å². The standard InChI is InChI=1S/C25H37N3O3/c1-2-3-4-5-6-7-9-20(18-21-12-15-24(29)27-19-21)11-13-22(14-16-25(30)31)28-23-10-8-17-26-23/h8,10,12,14-17,19-20,22,26,28H,2-7,9,11,13,18H2,1H3,(H,27,29)(H,30,31). The molecule has 0 radical (unpaired) electrons. The van der Waals surface area contributed by atoms with Crippen molar-refractivity contribution in [1.82, 2.24) is 9.97 Å². The van der Waals surface area contributed by atoms with Crippen LogP contribution in [-0.2, 0) is 11.2 Å². The second-order valence-electron chi connectivity index (χ2n) is 8.30. The predicted molar refractivity (Wildman–Crippen MR) is 126 cm³/mol. The Morgan fingerprint density at radius 3 is 2.55 bits per heavy atom. The summed E-state index contributed by atoms with van der Waals surface area (Å²) in [6, 6.07) is 7.29. The number of carboxylic acids is 1. The number of anilines is 1. The maximum atomic E-state index is 11.4. The molecule has 2 atom stereocenters. The molecule has 0 amide bonds. The first-order valence-corrected chi connectivity index (χ1v) is 11.6. The average Bonchev–Trinajstić information content (AvgIpc) is 3.26.